The number of hydrogen-bond acceptors (Lipinski definition) is 10. The maximum Gasteiger partial charge on any atom is 0.185 e. The first kappa shape index (κ1) is 33.6. The Morgan fingerprint density at radius 2 is 1.56 bits per heavy atom. The second-order valence-electron chi connectivity index (χ2n) is 12.7. The molecule has 4 aliphatic rings. The lowest BCUT2D eigenvalue weighted by molar-refractivity contribution is -0.341. The van der Waals surface area contributed by atoms with Crippen LogP contribution in [0.1, 0.15) is 53.5 Å². The Labute approximate surface area is 263 Å². The fourth-order valence-corrected chi connectivity index (χ4v) is 7.03. The zero-order valence-electron chi connectivity index (χ0n) is 26.6. The lowest BCUT2D eigenvalue weighted by atomic mass is 9.81. The van der Waals surface area contributed by atoms with Crippen molar-refractivity contribution in [1.82, 2.24) is 0 Å². The molecule has 4 saturated heterocycles. The van der Waals surface area contributed by atoms with Crippen LogP contribution in [0.15, 0.2) is 40.6 Å². The summed E-state index contributed by atoms with van der Waals surface area (Å²) in [6.07, 6.45) is -5.34. The second kappa shape index (κ2) is 14.8. The third-order valence-corrected chi connectivity index (χ3v) is 9.90. The minimum Gasteiger partial charge on any atom is -0.368 e. The van der Waals surface area contributed by atoms with Gasteiger partial charge in [-0.25, -0.2) is 0 Å². The van der Waals surface area contributed by atoms with Gasteiger partial charge in [-0.1, -0.05) is 75.2 Å². The highest BCUT2D eigenvalue weighted by Gasteiger charge is 2.54. The Balaban J connectivity index is 1.44. The van der Waals surface area contributed by atoms with Crippen LogP contribution in [0.4, 0.5) is 0 Å². The van der Waals surface area contributed by atoms with E-state index in [1.165, 1.54) is 6.92 Å². The number of carbonyl (C=O) groups is 1. The molecule has 14 nitrogen and oxygen atoms in total. The first-order valence-corrected chi connectivity index (χ1v) is 15.8. The van der Waals surface area contributed by atoms with Crippen molar-refractivity contribution in [1.29, 1.82) is 0 Å². The molecule has 0 saturated carbocycles. The number of nitrogens with zero attached hydrogens (tertiary/aromatic N) is 6. The molecule has 1 aromatic rings. The number of rotatable bonds is 11. The molecule has 45 heavy (non-hydrogen) atoms. The highest BCUT2D eigenvalue weighted by molar-refractivity contribution is 5.81. The van der Waals surface area contributed by atoms with Crippen molar-refractivity contribution in [2.24, 2.45) is 33.9 Å². The summed E-state index contributed by atoms with van der Waals surface area (Å²) >= 11 is 0. The minimum atomic E-state index is -1.02. The fourth-order valence-electron chi connectivity index (χ4n) is 7.03. The van der Waals surface area contributed by atoms with Crippen LogP contribution in [-0.4, -0.2) is 80.0 Å². The summed E-state index contributed by atoms with van der Waals surface area (Å²) in [5.41, 5.74) is 19.5. The van der Waals surface area contributed by atoms with Crippen LogP contribution in [0.5, 0.6) is 0 Å². The monoisotopic (exact) mass is 628 g/mol. The molecule has 0 amide bonds. The van der Waals surface area contributed by atoms with Crippen LogP contribution >= 0.6 is 0 Å². The Morgan fingerprint density at radius 3 is 2.22 bits per heavy atom. The molecular weight excluding hydrogens is 584 g/mol. The van der Waals surface area contributed by atoms with Crippen LogP contribution in [0.3, 0.4) is 0 Å². The summed E-state index contributed by atoms with van der Waals surface area (Å²) in [7, 11) is 0. The highest BCUT2D eigenvalue weighted by atomic mass is 16.8. The first-order chi connectivity index (χ1) is 21.7. The molecule has 246 valence electrons. The van der Waals surface area contributed by atoms with Crippen LogP contribution in [-0.2, 0) is 44.6 Å². The number of Topliss-reactive ketones (excluding diaryl/α,β-unsaturated/α-hetero) is 1. The van der Waals surface area contributed by atoms with E-state index >= 15 is 0 Å². The quantitative estimate of drug-likeness (QED) is 0.176. The van der Waals surface area contributed by atoms with Gasteiger partial charge >= 0.3 is 0 Å². The third kappa shape index (κ3) is 7.00. The predicted octanol–water partition coefficient (Wildman–Crippen LogP) is 5.45. The summed E-state index contributed by atoms with van der Waals surface area (Å²) in [5, 5.41) is 7.97. The van der Waals surface area contributed by atoms with Gasteiger partial charge in [-0.15, -0.1) is 0 Å². The van der Waals surface area contributed by atoms with Gasteiger partial charge in [-0.2, -0.15) is 0 Å². The topological polar surface area (TPSA) is 179 Å². The van der Waals surface area contributed by atoms with Gasteiger partial charge in [0, 0.05) is 15.7 Å². The number of ketones is 1. The molecule has 1 aromatic carbocycles. The first-order valence-electron chi connectivity index (χ1n) is 15.8. The molecule has 5 rings (SSSR count). The summed E-state index contributed by atoms with van der Waals surface area (Å²) in [6, 6.07) is 8.52. The van der Waals surface area contributed by atoms with Gasteiger partial charge in [-0.3, -0.25) is 4.79 Å². The predicted molar refractivity (Wildman–Crippen MR) is 160 cm³/mol. The van der Waals surface area contributed by atoms with Gasteiger partial charge < -0.3 is 33.2 Å². The van der Waals surface area contributed by atoms with Crippen molar-refractivity contribution in [2.75, 3.05) is 6.61 Å². The van der Waals surface area contributed by atoms with Crippen molar-refractivity contribution in [2.45, 2.75) is 122 Å². The lowest BCUT2D eigenvalue weighted by Crippen LogP contribution is -2.62. The average Bonchev–Trinajstić information content (AvgIpc) is 3.47. The van der Waals surface area contributed by atoms with Crippen molar-refractivity contribution >= 4 is 5.78 Å². The van der Waals surface area contributed by atoms with Gasteiger partial charge in [0.25, 0.3) is 0 Å². The average molecular weight is 629 g/mol. The van der Waals surface area contributed by atoms with E-state index in [0.717, 1.165) is 12.0 Å². The zero-order chi connectivity index (χ0) is 32.2. The van der Waals surface area contributed by atoms with Gasteiger partial charge in [0.15, 0.2) is 24.7 Å². The highest BCUT2D eigenvalue weighted by Crippen LogP contribution is 2.41. The molecule has 0 aromatic heterocycles. The van der Waals surface area contributed by atoms with Gasteiger partial charge in [0.05, 0.1) is 43.6 Å². The van der Waals surface area contributed by atoms with E-state index in [-0.39, 0.29) is 42.9 Å². The molecule has 0 radical (unpaired) electrons. The van der Waals surface area contributed by atoms with Crippen LogP contribution in [0.25, 0.3) is 20.9 Å². The molecule has 4 heterocycles. The lowest BCUT2D eigenvalue weighted by Gasteiger charge is -2.49. The van der Waals surface area contributed by atoms with Crippen molar-refractivity contribution in [3.63, 3.8) is 0 Å². The Hall–Kier alpha value is -2.77. The van der Waals surface area contributed by atoms with E-state index in [0.29, 0.717) is 0 Å². The van der Waals surface area contributed by atoms with Crippen LogP contribution in [0, 0.1) is 23.7 Å². The molecule has 15 atom stereocenters. The molecule has 0 spiro atoms. The summed E-state index contributed by atoms with van der Waals surface area (Å²) in [4.78, 5) is 19.2. The summed E-state index contributed by atoms with van der Waals surface area (Å²) in [6.45, 7) is 12.0. The molecule has 4 unspecified atom stereocenters. The molecule has 4 aliphatic heterocycles. The number of carbonyl (C=O) groups excluding carboxylic acids is 1. The van der Waals surface area contributed by atoms with Crippen LogP contribution in [0.2, 0.25) is 0 Å². The Bertz CT molecular complexity index is 1260. The molecule has 4 fully saturated rings. The zero-order valence-corrected chi connectivity index (χ0v) is 26.6. The fraction of sp³-hybridized carbons (Fsp3) is 0.774. The Kier molecular flexibility index (Phi) is 11.0. The summed E-state index contributed by atoms with van der Waals surface area (Å²) in [5.74, 6) is -0.819. The van der Waals surface area contributed by atoms with Crippen molar-refractivity contribution in [3.05, 3.63) is 56.8 Å². The molecule has 0 aliphatic carbocycles. The number of azide groups is 2. The number of benzene rings is 1. The molecule has 0 N–H and O–H groups in total. The molecule has 2 bridgehead atoms. The molecular formula is C31H44N6O8. The maximum atomic E-state index is 13.2. The van der Waals surface area contributed by atoms with Gasteiger partial charge in [0.1, 0.15) is 18.3 Å². The van der Waals surface area contributed by atoms with Crippen molar-refractivity contribution in [3.8, 4) is 0 Å². The normalized spacial score (nSPS) is 42.8. The number of ether oxygens (including phenoxy) is 7. The maximum absolute atomic E-state index is 13.2. The van der Waals surface area contributed by atoms with E-state index in [2.05, 4.69) is 27.0 Å². The number of fused-ring (bicyclic) bond motifs is 2. The van der Waals surface area contributed by atoms with E-state index in [4.69, 9.17) is 33.2 Å². The van der Waals surface area contributed by atoms with Gasteiger partial charge in [0.2, 0.25) is 0 Å². The molecule has 14 heteroatoms. The minimum absolute atomic E-state index is 0.0179. The third-order valence-electron chi connectivity index (χ3n) is 9.90. The number of hydrogen-bond donors (Lipinski definition) is 0. The Morgan fingerprint density at radius 1 is 0.867 bits per heavy atom. The standard InChI is InChI=1S/C31H44N6O8/c1-7-21-15(2)16(3)23(34-36-32)30(41-21)44-26-18(5)27(39-13-20-11-9-8-10-12-20)31(45-28(26)19(6)38)43-25-17(4)24(35-37-33)29-40-14-22(25)42-29/h8-12,15-18,21-31H,7,13-14H2,1-6H3/t15-,16-,17+,18-,21-,22?,23?,24?,25-,26-,27?,28-,29+,30+,31+/m0/s1. The van der Waals surface area contributed by atoms with Crippen LogP contribution < -0.4 is 0 Å². The van der Waals surface area contributed by atoms with E-state index in [1.807, 2.05) is 58.0 Å². The van der Waals surface area contributed by atoms with E-state index in [1.54, 1.807) is 0 Å². The SMILES string of the molecule is CC[C@@H]1O[C@H](O[C@H]2[C@H](C)C(OCc3ccccc3)[C@H](O[C@@H]3C4CO[C@H](O4)C(N=[N+]=[N-])[C@H]3C)O[C@H]2C(C)=O)C(N=[N+]=[N-])[C@@H](C)[C@@H]1C. The van der Waals surface area contributed by atoms with Gasteiger partial charge in [-0.05, 0) is 47.7 Å². The summed E-state index contributed by atoms with van der Waals surface area (Å²) < 4.78 is 44.3. The largest absolute Gasteiger partial charge is 0.368 e. The van der Waals surface area contributed by atoms with E-state index in [9.17, 15) is 15.9 Å². The smallest absolute Gasteiger partial charge is 0.185 e. The second-order valence-corrected chi connectivity index (χ2v) is 12.7. The van der Waals surface area contributed by atoms with E-state index < -0.39 is 67.4 Å². The van der Waals surface area contributed by atoms with Crippen molar-refractivity contribution < 1.29 is 38.0 Å².